The number of hydrogen-bond donors (Lipinski definition) is 0. The highest BCUT2D eigenvalue weighted by Crippen LogP contribution is 2.33. The Morgan fingerprint density at radius 3 is 2.65 bits per heavy atom. The molecule has 108 valence electrons. The Bertz CT molecular complexity index is 434. The van der Waals surface area contributed by atoms with Gasteiger partial charge in [0.25, 0.3) is 0 Å². The molecule has 0 heterocycles. The molecule has 1 fully saturated rings. The summed E-state index contributed by atoms with van der Waals surface area (Å²) < 4.78 is 0. The third-order valence-corrected chi connectivity index (χ3v) is 4.83. The van der Waals surface area contributed by atoms with Crippen LogP contribution in [0.5, 0.6) is 0 Å². The van der Waals surface area contributed by atoms with Crippen molar-refractivity contribution in [1.29, 1.82) is 5.26 Å². The van der Waals surface area contributed by atoms with Crippen LogP contribution >= 0.6 is 0 Å². The topological polar surface area (TPSA) is 27.0 Å². The van der Waals surface area contributed by atoms with Crippen molar-refractivity contribution in [3.63, 3.8) is 0 Å². The second-order valence-corrected chi connectivity index (χ2v) is 6.11. The van der Waals surface area contributed by atoms with Crippen LogP contribution in [0.4, 0.5) is 0 Å². The molecule has 20 heavy (non-hydrogen) atoms. The first-order chi connectivity index (χ1) is 9.74. The number of hydrogen-bond acceptors (Lipinski definition) is 2. The lowest BCUT2D eigenvalue weighted by Crippen LogP contribution is -2.42. The first kappa shape index (κ1) is 15.1. The van der Waals surface area contributed by atoms with E-state index in [0.717, 1.165) is 25.3 Å². The third kappa shape index (κ3) is 3.84. The maximum absolute atomic E-state index is 9.38. The second-order valence-electron chi connectivity index (χ2n) is 6.11. The summed E-state index contributed by atoms with van der Waals surface area (Å²) in [5, 5.41) is 9.38. The van der Waals surface area contributed by atoms with Crippen LogP contribution in [0.2, 0.25) is 0 Å². The van der Waals surface area contributed by atoms with Crippen molar-refractivity contribution in [1.82, 2.24) is 4.90 Å². The zero-order valence-corrected chi connectivity index (χ0v) is 12.8. The maximum atomic E-state index is 9.38. The highest BCUT2D eigenvalue weighted by molar-refractivity contribution is 5.15. The molecule has 2 nitrogen and oxygen atoms in total. The smallest absolute Gasteiger partial charge is 0.0672 e. The van der Waals surface area contributed by atoms with Crippen molar-refractivity contribution in [3.05, 3.63) is 35.9 Å². The van der Waals surface area contributed by atoms with Gasteiger partial charge in [-0.15, -0.1) is 0 Å². The van der Waals surface area contributed by atoms with Gasteiger partial charge < -0.3 is 4.90 Å². The zero-order chi connectivity index (χ0) is 14.4. The van der Waals surface area contributed by atoms with E-state index in [1.54, 1.807) is 0 Å². The molecule has 3 atom stereocenters. The summed E-state index contributed by atoms with van der Waals surface area (Å²) in [6.07, 6.45) is 5.83. The summed E-state index contributed by atoms with van der Waals surface area (Å²) in [6.45, 7) is 3.32. The molecule has 0 bridgehead atoms. The molecule has 0 spiro atoms. The second kappa shape index (κ2) is 7.45. The Morgan fingerprint density at radius 1 is 1.25 bits per heavy atom. The van der Waals surface area contributed by atoms with Gasteiger partial charge in [0.1, 0.15) is 0 Å². The van der Waals surface area contributed by atoms with Gasteiger partial charge in [0.2, 0.25) is 0 Å². The molecule has 0 N–H and O–H groups in total. The summed E-state index contributed by atoms with van der Waals surface area (Å²) in [5.41, 5.74) is 1.38. The SMILES string of the molecule is CCC1CCC(C#N)C(N(C)CCc2ccccc2)C1. The number of rotatable bonds is 5. The molecule has 1 aromatic rings. The number of likely N-dealkylation sites (N-methyl/N-ethyl adjacent to an activating group) is 1. The molecule has 0 amide bonds. The predicted molar refractivity (Wildman–Crippen MR) is 83.3 cm³/mol. The fourth-order valence-corrected chi connectivity index (χ4v) is 3.36. The fourth-order valence-electron chi connectivity index (χ4n) is 3.36. The van der Waals surface area contributed by atoms with Crippen LogP contribution in [-0.4, -0.2) is 24.5 Å². The third-order valence-electron chi connectivity index (χ3n) is 4.83. The van der Waals surface area contributed by atoms with Gasteiger partial charge in [0.15, 0.2) is 0 Å². The predicted octanol–water partition coefficient (Wildman–Crippen LogP) is 3.88. The lowest BCUT2D eigenvalue weighted by molar-refractivity contribution is 0.125. The van der Waals surface area contributed by atoms with Crippen molar-refractivity contribution in [3.8, 4) is 6.07 Å². The molecular weight excluding hydrogens is 244 g/mol. The number of nitriles is 1. The van der Waals surface area contributed by atoms with Crippen LogP contribution < -0.4 is 0 Å². The molecule has 1 aliphatic rings. The van der Waals surface area contributed by atoms with Gasteiger partial charge in [-0.1, -0.05) is 43.7 Å². The van der Waals surface area contributed by atoms with Crippen molar-refractivity contribution >= 4 is 0 Å². The number of benzene rings is 1. The van der Waals surface area contributed by atoms with Crippen molar-refractivity contribution in [2.45, 2.75) is 45.1 Å². The molecule has 3 unspecified atom stereocenters. The average Bonchev–Trinajstić information content (AvgIpc) is 2.52. The molecule has 1 aliphatic carbocycles. The Balaban J connectivity index is 1.92. The first-order valence-electron chi connectivity index (χ1n) is 7.88. The van der Waals surface area contributed by atoms with Gasteiger partial charge in [-0.2, -0.15) is 5.26 Å². The van der Waals surface area contributed by atoms with Crippen LogP contribution in [0.15, 0.2) is 30.3 Å². The van der Waals surface area contributed by atoms with E-state index in [0.29, 0.717) is 6.04 Å². The van der Waals surface area contributed by atoms with E-state index < -0.39 is 0 Å². The quantitative estimate of drug-likeness (QED) is 0.812. The summed E-state index contributed by atoms with van der Waals surface area (Å²) in [4.78, 5) is 2.42. The van der Waals surface area contributed by atoms with Crippen molar-refractivity contribution in [2.75, 3.05) is 13.6 Å². The van der Waals surface area contributed by atoms with Crippen molar-refractivity contribution in [2.24, 2.45) is 11.8 Å². The summed E-state index contributed by atoms with van der Waals surface area (Å²) in [7, 11) is 2.19. The van der Waals surface area contributed by atoms with Crippen LogP contribution in [0.3, 0.4) is 0 Å². The van der Waals surface area contributed by atoms with E-state index in [-0.39, 0.29) is 5.92 Å². The maximum Gasteiger partial charge on any atom is 0.0672 e. The minimum atomic E-state index is 0.221. The monoisotopic (exact) mass is 270 g/mol. The van der Waals surface area contributed by atoms with E-state index in [2.05, 4.69) is 55.3 Å². The highest BCUT2D eigenvalue weighted by Gasteiger charge is 2.32. The molecule has 1 aromatic carbocycles. The molecule has 0 aliphatic heterocycles. The lowest BCUT2D eigenvalue weighted by atomic mass is 9.77. The van der Waals surface area contributed by atoms with E-state index in [4.69, 9.17) is 0 Å². The van der Waals surface area contributed by atoms with Crippen LogP contribution in [0.25, 0.3) is 0 Å². The van der Waals surface area contributed by atoms with Crippen LogP contribution in [0.1, 0.15) is 38.2 Å². The molecule has 0 aromatic heterocycles. The molecular formula is C18H26N2. The van der Waals surface area contributed by atoms with E-state index in [1.165, 1.54) is 24.8 Å². The van der Waals surface area contributed by atoms with Gasteiger partial charge >= 0.3 is 0 Å². The molecule has 2 heteroatoms. The van der Waals surface area contributed by atoms with Gasteiger partial charge in [0.05, 0.1) is 12.0 Å². The Hall–Kier alpha value is -1.33. The van der Waals surface area contributed by atoms with Gasteiger partial charge in [-0.3, -0.25) is 0 Å². The Labute approximate surface area is 123 Å². The molecule has 0 saturated heterocycles. The molecule has 2 rings (SSSR count). The summed E-state index contributed by atoms with van der Waals surface area (Å²) in [6, 6.07) is 13.6. The summed E-state index contributed by atoms with van der Waals surface area (Å²) in [5.74, 6) is 1.03. The van der Waals surface area contributed by atoms with E-state index in [1.807, 2.05) is 0 Å². The normalized spacial score (nSPS) is 26.4. The molecule has 0 radical (unpaired) electrons. The summed E-state index contributed by atoms with van der Waals surface area (Å²) >= 11 is 0. The minimum absolute atomic E-state index is 0.221. The minimum Gasteiger partial charge on any atom is -0.302 e. The molecule has 1 saturated carbocycles. The largest absolute Gasteiger partial charge is 0.302 e. The zero-order valence-electron chi connectivity index (χ0n) is 12.8. The average molecular weight is 270 g/mol. The lowest BCUT2D eigenvalue weighted by Gasteiger charge is -2.38. The van der Waals surface area contributed by atoms with E-state index >= 15 is 0 Å². The van der Waals surface area contributed by atoms with Gasteiger partial charge in [-0.25, -0.2) is 0 Å². The van der Waals surface area contributed by atoms with E-state index in [9.17, 15) is 5.26 Å². The van der Waals surface area contributed by atoms with Crippen LogP contribution in [0, 0.1) is 23.2 Å². The fraction of sp³-hybridized carbons (Fsp3) is 0.611. The number of nitrogens with zero attached hydrogens (tertiary/aromatic N) is 2. The van der Waals surface area contributed by atoms with Gasteiger partial charge in [-0.05, 0) is 44.2 Å². The first-order valence-corrected chi connectivity index (χ1v) is 7.88. The highest BCUT2D eigenvalue weighted by atomic mass is 15.1. The Kier molecular flexibility index (Phi) is 5.61. The van der Waals surface area contributed by atoms with Crippen LogP contribution in [-0.2, 0) is 6.42 Å². The Morgan fingerprint density at radius 2 is 2.00 bits per heavy atom. The standard InChI is InChI=1S/C18H26N2/c1-3-15-9-10-17(14-19)18(13-15)20(2)12-11-16-7-5-4-6-8-16/h4-8,15,17-18H,3,9-13H2,1-2H3. The van der Waals surface area contributed by atoms with Gasteiger partial charge in [0, 0.05) is 12.6 Å². The van der Waals surface area contributed by atoms with Crippen molar-refractivity contribution < 1.29 is 0 Å².